The first-order chi connectivity index (χ1) is 13.8. The molecule has 1 aliphatic carbocycles. The van der Waals surface area contributed by atoms with Crippen molar-refractivity contribution in [2.24, 2.45) is 17.8 Å². The Morgan fingerprint density at radius 3 is 2.41 bits per heavy atom. The summed E-state index contributed by atoms with van der Waals surface area (Å²) in [6, 6.07) is 5.96. The summed E-state index contributed by atoms with van der Waals surface area (Å²) in [5.41, 5.74) is 0.983. The number of hydrogen-bond donors (Lipinski definition) is 0. The molecule has 0 saturated heterocycles. The molecule has 7 heteroatoms. The van der Waals surface area contributed by atoms with Crippen LogP contribution in [0.25, 0.3) is 0 Å². The summed E-state index contributed by atoms with van der Waals surface area (Å²) in [6.07, 6.45) is 4.25. The molecule has 0 spiro atoms. The third-order valence-electron chi connectivity index (χ3n) is 5.70. The molecule has 1 fully saturated rings. The number of carbonyl (C=O) groups is 3. The van der Waals surface area contributed by atoms with E-state index in [1.54, 1.807) is 6.92 Å². The number of rotatable bonds is 6. The van der Waals surface area contributed by atoms with Gasteiger partial charge >= 0.3 is 5.97 Å². The van der Waals surface area contributed by atoms with Gasteiger partial charge in [-0.15, -0.1) is 0 Å². The van der Waals surface area contributed by atoms with Crippen molar-refractivity contribution >= 4 is 23.5 Å². The second-order valence-electron chi connectivity index (χ2n) is 8.25. The Balaban J connectivity index is 1.55. The predicted molar refractivity (Wildman–Crippen MR) is 105 cm³/mol. The average Bonchev–Trinajstić information content (AvgIpc) is 2.93. The molecule has 0 N–H and O–H groups in total. The molecule has 1 aromatic carbocycles. The van der Waals surface area contributed by atoms with E-state index in [-0.39, 0.29) is 17.6 Å². The van der Waals surface area contributed by atoms with Crippen LogP contribution >= 0.6 is 0 Å². The van der Waals surface area contributed by atoms with E-state index < -0.39 is 11.9 Å². The van der Waals surface area contributed by atoms with Gasteiger partial charge in [-0.2, -0.15) is 4.89 Å². The minimum atomic E-state index is -0.713. The molecule has 0 radical (unpaired) electrons. The number of anilines is 1. The zero-order chi connectivity index (χ0) is 21.1. The van der Waals surface area contributed by atoms with Crippen molar-refractivity contribution in [3.05, 3.63) is 41.5 Å². The lowest BCUT2D eigenvalue weighted by atomic mass is 9.75. The van der Waals surface area contributed by atoms with E-state index in [4.69, 9.17) is 14.8 Å². The zero-order valence-electron chi connectivity index (χ0n) is 17.2. The lowest BCUT2D eigenvalue weighted by Crippen LogP contribution is -2.34. The largest absolute Gasteiger partial charge is 0.376 e. The van der Waals surface area contributed by atoms with Crippen LogP contribution in [-0.4, -0.2) is 23.9 Å². The standard InChI is InChI=1S/C22H27NO6/c1-13(2)18-10-5-14(3)11-19(18)27-29-28-22(26)16-6-8-17(9-7-16)23-20(24)12-15(4)21(23)25/h6-9,12-14,18-19H,5,10-11H2,1-4H3. The Labute approximate surface area is 170 Å². The van der Waals surface area contributed by atoms with Gasteiger partial charge in [0.25, 0.3) is 11.8 Å². The van der Waals surface area contributed by atoms with Gasteiger partial charge in [0.2, 0.25) is 0 Å². The molecule has 3 unspecified atom stereocenters. The topological polar surface area (TPSA) is 82.1 Å². The van der Waals surface area contributed by atoms with Crippen molar-refractivity contribution in [2.45, 2.75) is 53.1 Å². The minimum Gasteiger partial charge on any atom is -0.269 e. The van der Waals surface area contributed by atoms with Crippen LogP contribution in [0.4, 0.5) is 5.69 Å². The van der Waals surface area contributed by atoms with Gasteiger partial charge in [-0.25, -0.2) is 9.69 Å². The molecular weight excluding hydrogens is 374 g/mol. The van der Waals surface area contributed by atoms with E-state index in [0.717, 1.165) is 24.2 Å². The maximum atomic E-state index is 12.2. The molecule has 2 aliphatic rings. The van der Waals surface area contributed by atoms with E-state index in [2.05, 4.69) is 20.8 Å². The molecule has 1 aliphatic heterocycles. The maximum absolute atomic E-state index is 12.2. The van der Waals surface area contributed by atoms with Crippen LogP contribution in [0.2, 0.25) is 0 Å². The fourth-order valence-corrected chi connectivity index (χ4v) is 3.95. The normalized spacial score (nSPS) is 24.8. The third kappa shape index (κ3) is 4.74. The molecule has 1 heterocycles. The molecule has 3 atom stereocenters. The molecule has 156 valence electrons. The van der Waals surface area contributed by atoms with Gasteiger partial charge in [-0.05, 0) is 66.8 Å². The number of amides is 2. The van der Waals surface area contributed by atoms with Crippen molar-refractivity contribution in [3.63, 3.8) is 0 Å². The highest BCUT2D eigenvalue weighted by atomic mass is 17.5. The number of hydrogen-bond acceptors (Lipinski definition) is 6. The molecule has 0 bridgehead atoms. The van der Waals surface area contributed by atoms with Gasteiger partial charge in [0.05, 0.1) is 11.3 Å². The highest BCUT2D eigenvalue weighted by molar-refractivity contribution is 6.30. The second kappa shape index (κ2) is 8.88. The fraction of sp³-hybridized carbons (Fsp3) is 0.500. The van der Waals surface area contributed by atoms with E-state index in [9.17, 15) is 14.4 Å². The van der Waals surface area contributed by atoms with Crippen LogP contribution in [0, 0.1) is 17.8 Å². The van der Waals surface area contributed by atoms with Gasteiger partial charge in [-0.3, -0.25) is 14.5 Å². The van der Waals surface area contributed by atoms with E-state index in [1.807, 2.05) is 0 Å². The van der Waals surface area contributed by atoms with E-state index in [0.29, 0.717) is 29.0 Å². The first-order valence-electron chi connectivity index (χ1n) is 9.99. The SMILES string of the molecule is CC1=CC(=O)N(c2ccc(C(=O)OOOC3CC(C)CCC3C(C)C)cc2)C1=O. The summed E-state index contributed by atoms with van der Waals surface area (Å²) in [6.45, 7) is 8.06. The van der Waals surface area contributed by atoms with Crippen molar-refractivity contribution in [2.75, 3.05) is 4.90 Å². The molecule has 1 aromatic rings. The van der Waals surface area contributed by atoms with Crippen LogP contribution in [0.15, 0.2) is 35.9 Å². The highest BCUT2D eigenvalue weighted by Gasteiger charge is 2.33. The number of nitrogens with zero attached hydrogens (tertiary/aromatic N) is 1. The van der Waals surface area contributed by atoms with Gasteiger partial charge in [0.15, 0.2) is 0 Å². The van der Waals surface area contributed by atoms with Gasteiger partial charge in [0, 0.05) is 11.6 Å². The summed E-state index contributed by atoms with van der Waals surface area (Å²) >= 11 is 0. The monoisotopic (exact) mass is 401 g/mol. The van der Waals surface area contributed by atoms with Crippen LogP contribution in [0.3, 0.4) is 0 Å². The van der Waals surface area contributed by atoms with Gasteiger partial charge in [-0.1, -0.05) is 27.2 Å². The maximum Gasteiger partial charge on any atom is 0.376 e. The Morgan fingerprint density at radius 2 is 1.83 bits per heavy atom. The molecule has 29 heavy (non-hydrogen) atoms. The fourth-order valence-electron chi connectivity index (χ4n) is 3.95. The summed E-state index contributed by atoms with van der Waals surface area (Å²) in [4.78, 5) is 47.4. The summed E-state index contributed by atoms with van der Waals surface area (Å²) < 4.78 is 0. The number of benzene rings is 1. The van der Waals surface area contributed by atoms with E-state index >= 15 is 0 Å². The smallest absolute Gasteiger partial charge is 0.269 e. The molecule has 0 aromatic heterocycles. The molecule has 3 rings (SSSR count). The first kappa shape index (κ1) is 21.2. The van der Waals surface area contributed by atoms with Crippen LogP contribution in [0.1, 0.15) is 57.3 Å². The number of carbonyl (C=O) groups excluding carboxylic acids is 3. The third-order valence-corrected chi connectivity index (χ3v) is 5.70. The molecule has 2 amide bonds. The summed E-state index contributed by atoms with van der Waals surface area (Å²) in [5.74, 6) is -0.138. The predicted octanol–water partition coefficient (Wildman–Crippen LogP) is 3.99. The lowest BCUT2D eigenvalue weighted by molar-refractivity contribution is -0.503. The molecular formula is C22H27NO6. The second-order valence-corrected chi connectivity index (χ2v) is 8.25. The first-order valence-corrected chi connectivity index (χ1v) is 9.99. The van der Waals surface area contributed by atoms with Crippen molar-refractivity contribution in [1.82, 2.24) is 0 Å². The Morgan fingerprint density at radius 1 is 1.14 bits per heavy atom. The zero-order valence-corrected chi connectivity index (χ0v) is 17.2. The lowest BCUT2D eigenvalue weighted by Gasteiger charge is -2.35. The summed E-state index contributed by atoms with van der Waals surface area (Å²) in [5, 5.41) is 4.82. The number of imide groups is 1. The van der Waals surface area contributed by atoms with Crippen molar-refractivity contribution in [1.29, 1.82) is 0 Å². The van der Waals surface area contributed by atoms with Gasteiger partial charge in [0.1, 0.15) is 6.10 Å². The minimum absolute atomic E-state index is 0.114. The highest BCUT2D eigenvalue weighted by Crippen LogP contribution is 2.35. The van der Waals surface area contributed by atoms with Crippen molar-refractivity contribution < 1.29 is 29.2 Å². The molecule has 7 nitrogen and oxygen atoms in total. The Hall–Kier alpha value is -2.51. The summed E-state index contributed by atoms with van der Waals surface area (Å²) in [7, 11) is 0. The van der Waals surface area contributed by atoms with Crippen LogP contribution < -0.4 is 4.90 Å². The van der Waals surface area contributed by atoms with Crippen LogP contribution in [0.5, 0.6) is 0 Å². The average molecular weight is 401 g/mol. The Bertz CT molecular complexity index is 813. The van der Waals surface area contributed by atoms with Crippen LogP contribution in [-0.2, 0) is 24.4 Å². The van der Waals surface area contributed by atoms with Crippen molar-refractivity contribution in [3.8, 4) is 0 Å². The molecule has 1 saturated carbocycles. The quantitative estimate of drug-likeness (QED) is 0.407. The Kier molecular flexibility index (Phi) is 6.49. The van der Waals surface area contributed by atoms with E-state index in [1.165, 1.54) is 30.3 Å². The van der Waals surface area contributed by atoms with Gasteiger partial charge < -0.3 is 0 Å².